The highest BCUT2D eigenvalue weighted by atomic mass is 16.4. The van der Waals surface area contributed by atoms with Crippen LogP contribution in [0.3, 0.4) is 0 Å². The van der Waals surface area contributed by atoms with Crippen LogP contribution in [0.1, 0.15) is 36.5 Å². The number of nitrogens with one attached hydrogen (secondary N) is 1. The fourth-order valence-corrected chi connectivity index (χ4v) is 3.36. The lowest BCUT2D eigenvalue weighted by molar-refractivity contribution is -0.121. The second-order valence-corrected chi connectivity index (χ2v) is 7.17. The molecule has 0 bridgehead atoms. The van der Waals surface area contributed by atoms with Crippen LogP contribution in [-0.2, 0) is 17.6 Å². The quantitative estimate of drug-likeness (QED) is 0.611. The molecule has 0 aliphatic carbocycles. The van der Waals surface area contributed by atoms with Gasteiger partial charge in [0.1, 0.15) is 11.3 Å². The van der Waals surface area contributed by atoms with E-state index in [-0.39, 0.29) is 24.1 Å². The van der Waals surface area contributed by atoms with Crippen LogP contribution < -0.4 is 10.9 Å². The molecule has 0 fully saturated rings. The van der Waals surface area contributed by atoms with Crippen molar-refractivity contribution in [3.8, 4) is 5.75 Å². The summed E-state index contributed by atoms with van der Waals surface area (Å²) >= 11 is 0. The van der Waals surface area contributed by atoms with E-state index in [2.05, 4.69) is 17.4 Å². The summed E-state index contributed by atoms with van der Waals surface area (Å²) in [7, 11) is 0. The third-order valence-corrected chi connectivity index (χ3v) is 4.99. The first-order chi connectivity index (χ1) is 13.4. The van der Waals surface area contributed by atoms with Crippen LogP contribution in [-0.4, -0.2) is 17.1 Å². The molecule has 0 unspecified atom stereocenters. The molecule has 0 aliphatic rings. The van der Waals surface area contributed by atoms with Crippen molar-refractivity contribution in [1.29, 1.82) is 0 Å². The highest BCUT2D eigenvalue weighted by molar-refractivity contribution is 5.82. The van der Waals surface area contributed by atoms with Gasteiger partial charge in [0.05, 0.1) is 0 Å². The van der Waals surface area contributed by atoms with Crippen LogP contribution in [0.5, 0.6) is 5.75 Å². The number of rotatable bonds is 7. The Balaban J connectivity index is 1.58. The Morgan fingerprint density at radius 2 is 1.89 bits per heavy atom. The molecule has 2 aromatic carbocycles. The first kappa shape index (κ1) is 19.7. The van der Waals surface area contributed by atoms with E-state index in [1.807, 2.05) is 32.0 Å². The van der Waals surface area contributed by atoms with Gasteiger partial charge in [0.15, 0.2) is 0 Å². The van der Waals surface area contributed by atoms with Crippen molar-refractivity contribution < 1.29 is 14.3 Å². The van der Waals surface area contributed by atoms with Gasteiger partial charge in [-0.2, -0.15) is 0 Å². The first-order valence-corrected chi connectivity index (χ1v) is 9.52. The van der Waals surface area contributed by atoms with Gasteiger partial charge in [-0.15, -0.1) is 0 Å². The molecule has 1 heterocycles. The SMILES string of the molecule is Cc1c(CCC(=O)N[C@H](C)CCc2ccccc2)c(=O)oc2cc(O)ccc12. The van der Waals surface area contributed by atoms with Gasteiger partial charge in [0, 0.05) is 29.5 Å². The zero-order valence-corrected chi connectivity index (χ0v) is 16.2. The monoisotopic (exact) mass is 379 g/mol. The van der Waals surface area contributed by atoms with Crippen molar-refractivity contribution in [2.24, 2.45) is 0 Å². The molecule has 2 N–H and O–H groups in total. The number of carbonyl (C=O) groups is 1. The van der Waals surface area contributed by atoms with Gasteiger partial charge in [0.2, 0.25) is 5.91 Å². The number of hydrogen-bond donors (Lipinski definition) is 2. The molecule has 0 saturated heterocycles. The smallest absolute Gasteiger partial charge is 0.339 e. The molecular weight excluding hydrogens is 354 g/mol. The van der Waals surface area contributed by atoms with E-state index >= 15 is 0 Å². The summed E-state index contributed by atoms with van der Waals surface area (Å²) in [6.45, 7) is 3.83. The molecule has 0 saturated carbocycles. The maximum Gasteiger partial charge on any atom is 0.339 e. The minimum absolute atomic E-state index is 0.0478. The maximum absolute atomic E-state index is 12.3. The lowest BCUT2D eigenvalue weighted by atomic mass is 10.0. The number of fused-ring (bicyclic) bond motifs is 1. The van der Waals surface area contributed by atoms with Crippen LogP contribution in [0.25, 0.3) is 11.0 Å². The molecule has 1 atom stereocenters. The third-order valence-electron chi connectivity index (χ3n) is 4.99. The van der Waals surface area contributed by atoms with E-state index in [4.69, 9.17) is 4.42 Å². The Morgan fingerprint density at radius 1 is 1.14 bits per heavy atom. The number of aromatic hydroxyl groups is 1. The van der Waals surface area contributed by atoms with Gasteiger partial charge in [-0.05, 0) is 56.4 Å². The summed E-state index contributed by atoms with van der Waals surface area (Å²) < 4.78 is 5.31. The Labute approximate surface area is 164 Å². The predicted octanol–water partition coefficient (Wildman–Crippen LogP) is 3.88. The molecule has 28 heavy (non-hydrogen) atoms. The van der Waals surface area contributed by atoms with E-state index < -0.39 is 5.63 Å². The van der Waals surface area contributed by atoms with Crippen LogP contribution in [0.4, 0.5) is 0 Å². The van der Waals surface area contributed by atoms with Crippen molar-refractivity contribution >= 4 is 16.9 Å². The number of hydrogen-bond acceptors (Lipinski definition) is 4. The normalized spacial score (nSPS) is 12.1. The van der Waals surface area contributed by atoms with E-state index in [0.29, 0.717) is 17.6 Å². The van der Waals surface area contributed by atoms with Crippen LogP contribution >= 0.6 is 0 Å². The van der Waals surface area contributed by atoms with Gasteiger partial charge in [-0.25, -0.2) is 4.79 Å². The number of carbonyl (C=O) groups excluding carboxylic acids is 1. The lowest BCUT2D eigenvalue weighted by Crippen LogP contribution is -2.33. The van der Waals surface area contributed by atoms with Gasteiger partial charge < -0.3 is 14.8 Å². The van der Waals surface area contributed by atoms with Gasteiger partial charge in [-0.3, -0.25) is 4.79 Å². The van der Waals surface area contributed by atoms with Crippen molar-refractivity contribution in [2.75, 3.05) is 0 Å². The Bertz CT molecular complexity index is 1020. The Morgan fingerprint density at radius 3 is 2.64 bits per heavy atom. The Hall–Kier alpha value is -3.08. The number of phenolic OH excluding ortho intramolecular Hbond substituents is 1. The second-order valence-electron chi connectivity index (χ2n) is 7.17. The standard InChI is InChI=1S/C23H25NO4/c1-15(8-9-17-6-4-3-5-7-17)24-22(26)13-12-20-16(2)19-11-10-18(25)14-21(19)28-23(20)27/h3-7,10-11,14-15,25H,8-9,12-13H2,1-2H3,(H,24,26)/t15-/m1/s1. The predicted molar refractivity (Wildman–Crippen MR) is 110 cm³/mol. The van der Waals surface area contributed by atoms with Gasteiger partial charge in [-0.1, -0.05) is 30.3 Å². The molecule has 0 radical (unpaired) electrons. The third kappa shape index (κ3) is 4.80. The topological polar surface area (TPSA) is 79.5 Å². The highest BCUT2D eigenvalue weighted by Crippen LogP contribution is 2.23. The summed E-state index contributed by atoms with van der Waals surface area (Å²) in [6, 6.07) is 14.9. The van der Waals surface area contributed by atoms with E-state index in [9.17, 15) is 14.7 Å². The van der Waals surface area contributed by atoms with Gasteiger partial charge >= 0.3 is 5.63 Å². The number of phenols is 1. The summed E-state index contributed by atoms with van der Waals surface area (Å²) in [4.78, 5) is 24.6. The average Bonchev–Trinajstić information content (AvgIpc) is 2.66. The van der Waals surface area contributed by atoms with Crippen LogP contribution in [0, 0.1) is 6.92 Å². The molecule has 5 heteroatoms. The second kappa shape index (κ2) is 8.74. The largest absolute Gasteiger partial charge is 0.508 e. The molecular formula is C23H25NO4. The minimum Gasteiger partial charge on any atom is -0.508 e. The summed E-state index contributed by atoms with van der Waals surface area (Å²) in [5.41, 5.74) is 2.44. The fourth-order valence-electron chi connectivity index (χ4n) is 3.36. The molecule has 5 nitrogen and oxygen atoms in total. The molecule has 1 amide bonds. The minimum atomic E-state index is -0.458. The molecule has 146 valence electrons. The fraction of sp³-hybridized carbons (Fsp3) is 0.304. The summed E-state index contributed by atoms with van der Waals surface area (Å²) in [6.07, 6.45) is 2.31. The molecule has 0 aliphatic heterocycles. The van der Waals surface area contributed by atoms with E-state index in [0.717, 1.165) is 23.8 Å². The molecule has 3 aromatic rings. The van der Waals surface area contributed by atoms with E-state index in [1.54, 1.807) is 12.1 Å². The molecule has 3 rings (SSSR count). The summed E-state index contributed by atoms with van der Waals surface area (Å²) in [5.74, 6) is -0.0307. The van der Waals surface area contributed by atoms with Crippen molar-refractivity contribution in [1.82, 2.24) is 5.32 Å². The van der Waals surface area contributed by atoms with Crippen molar-refractivity contribution in [3.05, 3.63) is 75.6 Å². The van der Waals surface area contributed by atoms with Crippen LogP contribution in [0.2, 0.25) is 0 Å². The molecule has 1 aromatic heterocycles. The lowest BCUT2D eigenvalue weighted by Gasteiger charge is -2.14. The molecule has 0 spiro atoms. The zero-order valence-electron chi connectivity index (χ0n) is 16.2. The zero-order chi connectivity index (χ0) is 20.1. The highest BCUT2D eigenvalue weighted by Gasteiger charge is 2.14. The number of amides is 1. The van der Waals surface area contributed by atoms with E-state index in [1.165, 1.54) is 11.6 Å². The number of benzene rings is 2. The van der Waals surface area contributed by atoms with Crippen molar-refractivity contribution in [3.63, 3.8) is 0 Å². The number of aryl methyl sites for hydroxylation is 2. The maximum atomic E-state index is 12.3. The van der Waals surface area contributed by atoms with Gasteiger partial charge in [0.25, 0.3) is 0 Å². The summed E-state index contributed by atoms with van der Waals surface area (Å²) in [5, 5.41) is 13.3. The van der Waals surface area contributed by atoms with Crippen LogP contribution in [0.15, 0.2) is 57.7 Å². The van der Waals surface area contributed by atoms with Crippen molar-refractivity contribution in [2.45, 2.75) is 45.6 Å². The average molecular weight is 379 g/mol. The first-order valence-electron chi connectivity index (χ1n) is 9.52. The Kier molecular flexibility index (Phi) is 6.14.